The average Bonchev–Trinajstić information content (AvgIpc) is 3.06. The molecule has 0 spiro atoms. The number of benzene rings is 2. The number of rotatable bonds is 5. The second kappa shape index (κ2) is 19.8. The van der Waals surface area contributed by atoms with E-state index in [-0.39, 0.29) is 34.6 Å². The zero-order valence-electron chi connectivity index (χ0n) is 31.8. The number of anilines is 3. The van der Waals surface area contributed by atoms with Crippen LogP contribution in [0, 0.1) is 17.5 Å². The van der Waals surface area contributed by atoms with Crippen LogP contribution in [0.2, 0.25) is 0 Å². The van der Waals surface area contributed by atoms with Gasteiger partial charge in [-0.15, -0.1) is 0 Å². The fourth-order valence-corrected chi connectivity index (χ4v) is 5.47. The molecule has 53 heavy (non-hydrogen) atoms. The monoisotopic (exact) mass is 753 g/mol. The van der Waals surface area contributed by atoms with E-state index in [0.29, 0.717) is 30.9 Å². The smallest absolute Gasteiger partial charge is 0.407 e. The standard InChI is InChI=1S/C18H26FN3O4.C11H21NO2.C8H7F2NO2/c1-18(2,3)26-17(24)21-11-6-5-7-22(10-11)15-9-14(20)12(8-13(15)19)16(23)25-4;1-11(2,3)14-10(13)12-9-7-5-4-6-8-9;1-13-8(12)4-2-5(9)6(10)3-7(4)11/h8-9,11H,5-7,10,20H2,1-4H3,(H,21,24);9H,4-8H2,1-3H3,(H,12,13);2-3H,11H2,1H3/t11-;;/m0../s1. The SMILES string of the molecule is CC(C)(C)OC(=O)NC1CCCCC1.COC(=O)c1cc(F)c(F)cc1N.COC(=O)c1cc(F)c(N2CCC[C@H](NC(=O)OC(C)(C)C)C2)cc1N. The van der Waals surface area contributed by atoms with E-state index in [1.54, 1.807) is 25.7 Å². The van der Waals surface area contributed by atoms with Gasteiger partial charge in [-0.3, -0.25) is 0 Å². The van der Waals surface area contributed by atoms with Gasteiger partial charge in [0.25, 0.3) is 0 Å². The first-order chi connectivity index (χ1) is 24.6. The fraction of sp³-hybridized carbons (Fsp3) is 0.568. The molecule has 16 heteroatoms. The third kappa shape index (κ3) is 15.3. The molecule has 1 aliphatic carbocycles. The van der Waals surface area contributed by atoms with Gasteiger partial charge in [0, 0.05) is 42.6 Å². The Kier molecular flexibility index (Phi) is 16.5. The number of carbonyl (C=O) groups is 4. The molecule has 0 bridgehead atoms. The highest BCUT2D eigenvalue weighted by Crippen LogP contribution is 2.29. The minimum absolute atomic E-state index is 0.00538. The Hall–Kier alpha value is -4.89. The molecule has 0 radical (unpaired) electrons. The van der Waals surface area contributed by atoms with Crippen LogP contribution in [0.1, 0.15) is 107 Å². The molecule has 0 unspecified atom stereocenters. The Morgan fingerprint density at radius 1 is 0.660 bits per heavy atom. The number of hydrogen-bond acceptors (Lipinski definition) is 11. The number of nitrogens with one attached hydrogen (secondary N) is 2. The van der Waals surface area contributed by atoms with Crippen molar-refractivity contribution in [1.29, 1.82) is 0 Å². The molecule has 2 aromatic rings. The van der Waals surface area contributed by atoms with Crippen LogP contribution in [0.15, 0.2) is 24.3 Å². The number of amides is 2. The van der Waals surface area contributed by atoms with Crippen LogP contribution in [0.3, 0.4) is 0 Å². The molecule has 1 saturated heterocycles. The number of nitrogens with zero attached hydrogens (tertiary/aromatic N) is 1. The summed E-state index contributed by atoms with van der Waals surface area (Å²) >= 11 is 0. The molecule has 2 fully saturated rings. The van der Waals surface area contributed by atoms with Gasteiger partial charge in [-0.2, -0.15) is 0 Å². The molecule has 2 aliphatic rings. The summed E-state index contributed by atoms with van der Waals surface area (Å²) in [6, 6.07) is 4.12. The molecule has 296 valence electrons. The van der Waals surface area contributed by atoms with Crippen LogP contribution >= 0.6 is 0 Å². The topological polar surface area (TPSA) is 185 Å². The Morgan fingerprint density at radius 3 is 1.58 bits per heavy atom. The zero-order valence-corrected chi connectivity index (χ0v) is 31.8. The van der Waals surface area contributed by atoms with E-state index in [0.717, 1.165) is 44.9 Å². The Labute approximate surface area is 309 Å². The van der Waals surface area contributed by atoms with Crippen LogP contribution in [0.25, 0.3) is 0 Å². The second-order valence-electron chi connectivity index (χ2n) is 14.6. The highest BCUT2D eigenvalue weighted by atomic mass is 19.2. The number of hydrogen-bond donors (Lipinski definition) is 4. The van der Waals surface area contributed by atoms with E-state index in [1.807, 2.05) is 20.8 Å². The third-order valence-corrected chi connectivity index (χ3v) is 7.83. The summed E-state index contributed by atoms with van der Waals surface area (Å²) in [7, 11) is 2.34. The molecule has 1 atom stereocenters. The average molecular weight is 754 g/mol. The van der Waals surface area contributed by atoms with Crippen molar-refractivity contribution in [2.45, 2.75) is 110 Å². The molecule has 6 N–H and O–H groups in total. The molecule has 13 nitrogen and oxygen atoms in total. The molecule has 2 aromatic carbocycles. The van der Waals surface area contributed by atoms with Crippen molar-refractivity contribution in [2.24, 2.45) is 0 Å². The van der Waals surface area contributed by atoms with Crippen LogP contribution in [-0.4, -0.2) is 74.7 Å². The van der Waals surface area contributed by atoms with Gasteiger partial charge in [0.2, 0.25) is 0 Å². The molecular weight excluding hydrogens is 699 g/mol. The molecule has 1 saturated carbocycles. The Morgan fingerprint density at radius 2 is 1.09 bits per heavy atom. The summed E-state index contributed by atoms with van der Waals surface area (Å²) in [5.41, 5.74) is 10.3. The van der Waals surface area contributed by atoms with Crippen LogP contribution in [0.4, 0.5) is 39.8 Å². The number of carbonyl (C=O) groups excluding carboxylic acids is 4. The minimum Gasteiger partial charge on any atom is -0.465 e. The van der Waals surface area contributed by atoms with Crippen LogP contribution in [0.5, 0.6) is 0 Å². The summed E-state index contributed by atoms with van der Waals surface area (Å²) in [4.78, 5) is 47.7. The molecule has 1 heterocycles. The first-order valence-corrected chi connectivity index (χ1v) is 17.4. The quantitative estimate of drug-likeness (QED) is 0.142. The molecule has 1 aliphatic heterocycles. The first-order valence-electron chi connectivity index (χ1n) is 17.4. The molecule has 2 amide bonds. The van der Waals surface area contributed by atoms with Crippen molar-refractivity contribution in [3.05, 3.63) is 52.8 Å². The summed E-state index contributed by atoms with van der Waals surface area (Å²) < 4.78 is 59.0. The van der Waals surface area contributed by atoms with Gasteiger partial charge in [-0.1, -0.05) is 19.3 Å². The Bertz CT molecular complexity index is 1570. The summed E-state index contributed by atoms with van der Waals surface area (Å²) in [6.07, 6.45) is 6.71. The fourth-order valence-electron chi connectivity index (χ4n) is 5.47. The Balaban J connectivity index is 0.000000303. The van der Waals surface area contributed by atoms with Gasteiger partial charge in [-0.05, 0) is 85.4 Å². The second-order valence-corrected chi connectivity index (χ2v) is 14.6. The van der Waals surface area contributed by atoms with Crippen LogP contribution < -0.4 is 27.0 Å². The number of nitrogens with two attached hydrogens (primary N) is 2. The van der Waals surface area contributed by atoms with Crippen molar-refractivity contribution in [1.82, 2.24) is 10.6 Å². The largest absolute Gasteiger partial charge is 0.465 e. The number of nitrogen functional groups attached to an aromatic ring is 2. The minimum atomic E-state index is -1.13. The van der Waals surface area contributed by atoms with E-state index in [4.69, 9.17) is 20.9 Å². The predicted octanol–water partition coefficient (Wildman–Crippen LogP) is 6.87. The van der Waals surface area contributed by atoms with Gasteiger partial charge in [-0.25, -0.2) is 32.3 Å². The van der Waals surface area contributed by atoms with Gasteiger partial charge >= 0.3 is 24.1 Å². The normalized spacial score (nSPS) is 16.1. The van der Waals surface area contributed by atoms with Crippen molar-refractivity contribution in [3.63, 3.8) is 0 Å². The lowest BCUT2D eigenvalue weighted by atomic mass is 9.96. The summed E-state index contributed by atoms with van der Waals surface area (Å²) in [6.45, 7) is 12.1. The van der Waals surface area contributed by atoms with Gasteiger partial charge in [0.05, 0.1) is 31.0 Å². The van der Waals surface area contributed by atoms with Crippen molar-refractivity contribution < 1.29 is 51.3 Å². The van der Waals surface area contributed by atoms with Gasteiger partial charge < -0.3 is 45.9 Å². The van der Waals surface area contributed by atoms with E-state index >= 15 is 0 Å². The van der Waals surface area contributed by atoms with E-state index in [1.165, 1.54) is 32.4 Å². The highest BCUT2D eigenvalue weighted by Gasteiger charge is 2.27. The van der Waals surface area contributed by atoms with Crippen molar-refractivity contribution >= 4 is 41.2 Å². The summed E-state index contributed by atoms with van der Waals surface area (Å²) in [5.74, 6) is -4.26. The third-order valence-electron chi connectivity index (χ3n) is 7.83. The maximum atomic E-state index is 14.5. The molecule has 0 aromatic heterocycles. The highest BCUT2D eigenvalue weighted by molar-refractivity contribution is 5.96. The summed E-state index contributed by atoms with van der Waals surface area (Å²) in [5, 5.41) is 5.73. The number of esters is 2. The number of alkyl carbamates (subject to hydrolysis) is 2. The van der Waals surface area contributed by atoms with Crippen molar-refractivity contribution in [2.75, 3.05) is 43.7 Å². The van der Waals surface area contributed by atoms with E-state index in [2.05, 4.69) is 20.1 Å². The predicted molar refractivity (Wildman–Crippen MR) is 195 cm³/mol. The molecular formula is C37H54F3N5O8. The van der Waals surface area contributed by atoms with Gasteiger partial charge in [0.1, 0.15) is 17.0 Å². The first kappa shape index (κ1) is 44.3. The number of ether oxygens (including phenoxy) is 4. The lowest BCUT2D eigenvalue weighted by Gasteiger charge is -2.35. The number of methoxy groups -OCH3 is 2. The zero-order chi connectivity index (χ0) is 40.1. The van der Waals surface area contributed by atoms with E-state index in [9.17, 15) is 32.3 Å². The van der Waals surface area contributed by atoms with Gasteiger partial charge in [0.15, 0.2) is 11.6 Å². The van der Waals surface area contributed by atoms with Crippen LogP contribution in [-0.2, 0) is 18.9 Å². The lowest BCUT2D eigenvalue weighted by molar-refractivity contribution is 0.0484. The molecule has 4 rings (SSSR count). The number of halogens is 3. The number of piperidine rings is 1. The van der Waals surface area contributed by atoms with Crippen molar-refractivity contribution in [3.8, 4) is 0 Å². The maximum Gasteiger partial charge on any atom is 0.407 e. The lowest BCUT2D eigenvalue weighted by Crippen LogP contribution is -2.49. The van der Waals surface area contributed by atoms with E-state index < -0.39 is 46.7 Å². The maximum absolute atomic E-state index is 14.5.